The summed E-state index contributed by atoms with van der Waals surface area (Å²) in [5.74, 6) is -0.0346. The molecule has 6 heteroatoms. The van der Waals surface area contributed by atoms with Gasteiger partial charge in [-0.2, -0.15) is 0 Å². The summed E-state index contributed by atoms with van der Waals surface area (Å²) in [6, 6.07) is -0.625. The SMILES string of the molecule is CCCCC/C=C\C/C=C\CCCCCCCCCCCC(=O)OCCCCCCCCCCCCCCCCCCCCCCCCCCCCCCCCCCCCCCCCCC(=O)NC(CO)C(O)/C=C/CCCCCCCCCCCCCCCCCCCCCCCCC. The lowest BCUT2D eigenvalue weighted by molar-refractivity contribution is -0.143. The van der Waals surface area contributed by atoms with Gasteiger partial charge in [-0.3, -0.25) is 9.59 Å². The fraction of sp³-hybridized carbons (Fsp3) is 0.915. The monoisotopic (exact) mass is 1400 g/mol. The molecule has 0 saturated heterocycles. The summed E-state index contributed by atoms with van der Waals surface area (Å²) in [6.07, 6.45) is 119. The molecule has 0 aromatic heterocycles. The summed E-state index contributed by atoms with van der Waals surface area (Å²) in [5, 5.41) is 23.4. The number of ether oxygens (including phenoxy) is 1. The number of rotatable bonds is 88. The molecule has 3 N–H and O–H groups in total. The largest absolute Gasteiger partial charge is 0.466 e. The number of hydrogen-bond acceptors (Lipinski definition) is 5. The van der Waals surface area contributed by atoms with E-state index in [-0.39, 0.29) is 18.5 Å². The van der Waals surface area contributed by atoms with E-state index in [1.807, 2.05) is 6.08 Å². The number of allylic oxidation sites excluding steroid dienone is 5. The van der Waals surface area contributed by atoms with E-state index in [9.17, 15) is 19.8 Å². The van der Waals surface area contributed by atoms with Crippen LogP contribution in [0.4, 0.5) is 0 Å². The molecule has 6 nitrogen and oxygen atoms in total. The Balaban J connectivity index is 3.32. The number of amides is 1. The number of aliphatic hydroxyl groups excluding tert-OH is 2. The van der Waals surface area contributed by atoms with Gasteiger partial charge in [0, 0.05) is 12.8 Å². The average Bonchev–Trinajstić information content (AvgIpc) is 1.80. The third kappa shape index (κ3) is 85.0. The Morgan fingerprint density at radius 1 is 0.280 bits per heavy atom. The third-order valence-electron chi connectivity index (χ3n) is 21.9. The van der Waals surface area contributed by atoms with Gasteiger partial charge in [0.2, 0.25) is 5.91 Å². The topological polar surface area (TPSA) is 95.9 Å². The number of carbonyl (C=O) groups excluding carboxylic acids is 2. The first-order valence-electron chi connectivity index (χ1n) is 46.3. The molecular formula is C94H181NO5. The summed E-state index contributed by atoms with van der Waals surface area (Å²) in [5.41, 5.74) is 0. The molecule has 2 unspecified atom stereocenters. The maximum atomic E-state index is 12.6. The first-order chi connectivity index (χ1) is 49.5. The van der Waals surface area contributed by atoms with E-state index in [0.29, 0.717) is 19.4 Å². The Labute approximate surface area is 627 Å². The molecule has 0 fully saturated rings. The number of esters is 1. The van der Waals surface area contributed by atoms with Crippen molar-refractivity contribution in [1.29, 1.82) is 0 Å². The van der Waals surface area contributed by atoms with Crippen LogP contribution in [0.25, 0.3) is 0 Å². The summed E-state index contributed by atoms with van der Waals surface area (Å²) in [6.45, 7) is 4.94. The number of carbonyl (C=O) groups is 2. The van der Waals surface area contributed by atoms with E-state index < -0.39 is 12.1 Å². The minimum atomic E-state index is -0.842. The first kappa shape index (κ1) is 98.1. The highest BCUT2D eigenvalue weighted by Crippen LogP contribution is 2.21. The Bertz CT molecular complexity index is 1620. The third-order valence-corrected chi connectivity index (χ3v) is 21.9. The molecule has 0 bridgehead atoms. The van der Waals surface area contributed by atoms with E-state index in [1.165, 1.54) is 456 Å². The highest BCUT2D eigenvalue weighted by atomic mass is 16.5. The van der Waals surface area contributed by atoms with E-state index in [4.69, 9.17) is 4.74 Å². The Morgan fingerprint density at radius 2 is 0.500 bits per heavy atom. The van der Waals surface area contributed by atoms with Crippen molar-refractivity contribution < 1.29 is 24.5 Å². The molecule has 0 heterocycles. The van der Waals surface area contributed by atoms with E-state index >= 15 is 0 Å². The maximum absolute atomic E-state index is 12.6. The molecule has 0 aromatic rings. The van der Waals surface area contributed by atoms with Gasteiger partial charge >= 0.3 is 5.97 Å². The fourth-order valence-electron chi connectivity index (χ4n) is 14.9. The van der Waals surface area contributed by atoms with Crippen molar-refractivity contribution in [2.24, 2.45) is 0 Å². The zero-order valence-electron chi connectivity index (χ0n) is 68.2. The summed E-state index contributed by atoms with van der Waals surface area (Å²) in [4.78, 5) is 24.7. The predicted molar refractivity (Wildman–Crippen MR) is 444 cm³/mol. The molecule has 0 radical (unpaired) electrons. The molecule has 2 atom stereocenters. The molecule has 0 aromatic carbocycles. The minimum Gasteiger partial charge on any atom is -0.466 e. The smallest absolute Gasteiger partial charge is 0.305 e. The highest BCUT2D eigenvalue weighted by Gasteiger charge is 2.18. The quantitative estimate of drug-likeness (QED) is 0.0320. The lowest BCUT2D eigenvalue weighted by atomic mass is 10.0. The van der Waals surface area contributed by atoms with E-state index in [1.54, 1.807) is 6.08 Å². The Hall–Kier alpha value is -1.92. The molecule has 0 spiro atoms. The predicted octanol–water partition coefficient (Wildman–Crippen LogP) is 31.3. The highest BCUT2D eigenvalue weighted by molar-refractivity contribution is 5.76. The van der Waals surface area contributed by atoms with Crippen molar-refractivity contribution in [1.82, 2.24) is 5.32 Å². The molecule has 0 aliphatic carbocycles. The Kier molecular flexibility index (Phi) is 87.8. The number of unbranched alkanes of at least 4 members (excludes halogenated alkanes) is 73. The zero-order chi connectivity index (χ0) is 71.9. The van der Waals surface area contributed by atoms with Crippen LogP contribution in [0.3, 0.4) is 0 Å². The van der Waals surface area contributed by atoms with E-state index in [0.717, 1.165) is 44.9 Å². The van der Waals surface area contributed by atoms with Crippen LogP contribution in [0.2, 0.25) is 0 Å². The van der Waals surface area contributed by atoms with Crippen molar-refractivity contribution in [3.05, 3.63) is 36.5 Å². The zero-order valence-corrected chi connectivity index (χ0v) is 68.2. The van der Waals surface area contributed by atoms with Crippen molar-refractivity contribution in [2.75, 3.05) is 13.2 Å². The van der Waals surface area contributed by atoms with Crippen molar-refractivity contribution in [2.45, 2.75) is 540 Å². The molecule has 0 aliphatic heterocycles. The number of nitrogens with one attached hydrogen (secondary N) is 1. The number of hydrogen-bond donors (Lipinski definition) is 3. The van der Waals surface area contributed by atoms with Crippen LogP contribution in [0.5, 0.6) is 0 Å². The van der Waals surface area contributed by atoms with Gasteiger partial charge in [0.15, 0.2) is 0 Å². The lowest BCUT2D eigenvalue weighted by Crippen LogP contribution is -2.45. The van der Waals surface area contributed by atoms with Crippen LogP contribution < -0.4 is 5.32 Å². The van der Waals surface area contributed by atoms with Crippen LogP contribution >= 0.6 is 0 Å². The van der Waals surface area contributed by atoms with Crippen molar-refractivity contribution >= 4 is 11.9 Å². The second kappa shape index (κ2) is 89.5. The van der Waals surface area contributed by atoms with Gasteiger partial charge in [0.05, 0.1) is 25.4 Å². The van der Waals surface area contributed by atoms with Crippen molar-refractivity contribution in [3.8, 4) is 0 Å². The van der Waals surface area contributed by atoms with Crippen LogP contribution in [0.1, 0.15) is 528 Å². The van der Waals surface area contributed by atoms with Crippen LogP contribution in [-0.4, -0.2) is 47.4 Å². The van der Waals surface area contributed by atoms with Gasteiger partial charge in [0.25, 0.3) is 0 Å². The average molecular weight is 1410 g/mol. The molecule has 0 saturated carbocycles. The van der Waals surface area contributed by atoms with Gasteiger partial charge in [0.1, 0.15) is 0 Å². The molecular weight excluding hydrogens is 1220 g/mol. The summed E-state index contributed by atoms with van der Waals surface area (Å²) >= 11 is 0. The first-order valence-corrected chi connectivity index (χ1v) is 46.3. The summed E-state index contributed by atoms with van der Waals surface area (Å²) in [7, 11) is 0. The standard InChI is InChI=1S/C94H181NO5/c1-3-5-7-9-11-13-15-17-19-21-23-24-25-41-44-47-51-54-58-62-66-70-74-78-82-86-92(97)91(90-96)95-93(98)87-83-79-75-71-67-63-59-55-52-48-45-42-39-37-35-33-31-29-27-26-28-30-32-34-36-38-40-43-46-49-53-57-61-65-69-73-77-81-85-89-100-94(99)88-84-80-76-72-68-64-60-56-50-22-20-18-16-14-12-10-8-6-4-2/h12,14,18,20,82,86,91-92,96-97H,3-11,13,15-17,19,21-81,83-85,87-90H2,1-2H3,(H,95,98)/b14-12-,20-18-,86-82+. The van der Waals surface area contributed by atoms with Crippen LogP contribution in [0, 0.1) is 0 Å². The normalized spacial score (nSPS) is 12.6. The van der Waals surface area contributed by atoms with Gasteiger partial charge in [-0.1, -0.05) is 487 Å². The second-order valence-electron chi connectivity index (χ2n) is 32.0. The van der Waals surface area contributed by atoms with Gasteiger partial charge in [-0.15, -0.1) is 0 Å². The minimum absolute atomic E-state index is 0.0212. The summed E-state index contributed by atoms with van der Waals surface area (Å²) < 4.78 is 5.52. The molecule has 1 amide bonds. The van der Waals surface area contributed by atoms with Crippen molar-refractivity contribution in [3.63, 3.8) is 0 Å². The number of aliphatic hydroxyl groups is 2. The second-order valence-corrected chi connectivity index (χ2v) is 32.0. The van der Waals surface area contributed by atoms with Crippen LogP contribution in [-0.2, 0) is 14.3 Å². The molecule has 0 rings (SSSR count). The lowest BCUT2D eigenvalue weighted by Gasteiger charge is -2.20. The van der Waals surface area contributed by atoms with E-state index in [2.05, 4.69) is 43.5 Å². The van der Waals surface area contributed by atoms with Crippen LogP contribution in [0.15, 0.2) is 36.5 Å². The molecule has 100 heavy (non-hydrogen) atoms. The maximum Gasteiger partial charge on any atom is 0.305 e. The Morgan fingerprint density at radius 3 is 0.780 bits per heavy atom. The fourth-order valence-corrected chi connectivity index (χ4v) is 14.9. The van der Waals surface area contributed by atoms with Gasteiger partial charge < -0.3 is 20.3 Å². The molecule has 0 aliphatic rings. The van der Waals surface area contributed by atoms with Gasteiger partial charge in [-0.05, 0) is 64.2 Å². The molecule has 592 valence electrons. The van der Waals surface area contributed by atoms with Gasteiger partial charge in [-0.25, -0.2) is 0 Å².